The lowest BCUT2D eigenvalue weighted by Gasteiger charge is -2.32. The van der Waals surface area contributed by atoms with Crippen LogP contribution in [0.15, 0.2) is 5.38 Å². The van der Waals surface area contributed by atoms with Gasteiger partial charge in [0.25, 0.3) is 5.91 Å². The van der Waals surface area contributed by atoms with Gasteiger partial charge >= 0.3 is 5.97 Å². The Bertz CT molecular complexity index is 488. The van der Waals surface area contributed by atoms with Crippen molar-refractivity contribution < 1.29 is 19.4 Å². The molecular weight excluding hydrogens is 270 g/mol. The second kappa shape index (κ2) is 5.64. The molecule has 3 N–H and O–H groups in total. The van der Waals surface area contributed by atoms with Gasteiger partial charge in [-0.05, 0) is 6.92 Å². The average Bonchev–Trinajstić information content (AvgIpc) is 2.87. The van der Waals surface area contributed by atoms with Crippen LogP contribution in [0.4, 0.5) is 0 Å². The molecule has 0 radical (unpaired) electrons. The highest BCUT2D eigenvalue weighted by molar-refractivity contribution is 7.09. The van der Waals surface area contributed by atoms with Gasteiger partial charge in [-0.3, -0.25) is 4.79 Å². The molecule has 7 nitrogen and oxygen atoms in total. The Balaban J connectivity index is 2.18. The van der Waals surface area contributed by atoms with E-state index < -0.39 is 12.0 Å². The molecule has 1 amide bonds. The van der Waals surface area contributed by atoms with Crippen LogP contribution in [0.2, 0.25) is 0 Å². The van der Waals surface area contributed by atoms with Gasteiger partial charge in [-0.25, -0.2) is 9.78 Å². The molecule has 1 saturated heterocycles. The van der Waals surface area contributed by atoms with Gasteiger partial charge in [0, 0.05) is 11.9 Å². The molecule has 0 saturated carbocycles. The summed E-state index contributed by atoms with van der Waals surface area (Å²) in [5.74, 6) is -1.46. The molecule has 104 valence electrons. The Labute approximate surface area is 114 Å². The van der Waals surface area contributed by atoms with E-state index in [0.29, 0.717) is 11.6 Å². The number of morpholine rings is 1. The lowest BCUT2D eigenvalue weighted by molar-refractivity contribution is -0.147. The number of ether oxygens (including phenoxy) is 1. The number of carbonyl (C=O) groups excluding carboxylic acids is 1. The molecule has 19 heavy (non-hydrogen) atoms. The molecule has 2 atom stereocenters. The number of aliphatic carboxylic acids is 1. The minimum absolute atomic E-state index is 0.00532. The first kappa shape index (κ1) is 13.9. The first-order valence-electron chi connectivity index (χ1n) is 5.83. The molecule has 1 aromatic rings. The molecule has 2 unspecified atom stereocenters. The van der Waals surface area contributed by atoms with Crippen LogP contribution >= 0.6 is 11.3 Å². The zero-order valence-electron chi connectivity index (χ0n) is 10.4. The number of aromatic nitrogens is 1. The molecule has 1 aromatic heterocycles. The Hall–Kier alpha value is -1.51. The van der Waals surface area contributed by atoms with E-state index in [9.17, 15) is 9.59 Å². The second-order valence-corrected chi connectivity index (χ2v) is 5.18. The fourth-order valence-corrected chi connectivity index (χ4v) is 2.55. The van der Waals surface area contributed by atoms with Crippen molar-refractivity contribution in [3.8, 4) is 0 Å². The molecule has 0 aromatic carbocycles. The van der Waals surface area contributed by atoms with E-state index in [1.54, 1.807) is 12.3 Å². The number of carboxylic acids is 1. The van der Waals surface area contributed by atoms with E-state index in [1.165, 1.54) is 16.2 Å². The van der Waals surface area contributed by atoms with Gasteiger partial charge in [-0.2, -0.15) is 0 Å². The standard InChI is InChI=1S/C11H15N3O4S/c1-6(12)9-13-7(5-19-9)10(15)14-2-3-18-4-8(14)11(16)17/h5-6,8H,2-4,12H2,1H3,(H,16,17). The molecule has 0 spiro atoms. The zero-order valence-corrected chi connectivity index (χ0v) is 11.2. The van der Waals surface area contributed by atoms with Crippen molar-refractivity contribution in [2.45, 2.75) is 19.0 Å². The van der Waals surface area contributed by atoms with Gasteiger partial charge in [0.05, 0.1) is 19.3 Å². The summed E-state index contributed by atoms with van der Waals surface area (Å²) >= 11 is 1.30. The highest BCUT2D eigenvalue weighted by Crippen LogP contribution is 2.19. The minimum atomic E-state index is -1.07. The number of hydrogen-bond acceptors (Lipinski definition) is 6. The number of rotatable bonds is 3. The van der Waals surface area contributed by atoms with E-state index >= 15 is 0 Å². The van der Waals surface area contributed by atoms with Crippen molar-refractivity contribution in [1.82, 2.24) is 9.88 Å². The van der Waals surface area contributed by atoms with Crippen LogP contribution in [-0.2, 0) is 9.53 Å². The van der Waals surface area contributed by atoms with Crippen LogP contribution in [0, 0.1) is 0 Å². The molecule has 0 aliphatic carbocycles. The predicted molar refractivity (Wildman–Crippen MR) is 68.0 cm³/mol. The smallest absolute Gasteiger partial charge is 0.328 e. The molecule has 2 heterocycles. The maximum absolute atomic E-state index is 12.3. The largest absolute Gasteiger partial charge is 0.480 e. The Morgan fingerprint density at radius 1 is 1.68 bits per heavy atom. The first-order valence-corrected chi connectivity index (χ1v) is 6.71. The molecular formula is C11H15N3O4S. The third kappa shape index (κ3) is 2.91. The van der Waals surface area contributed by atoms with Crippen molar-refractivity contribution in [2.75, 3.05) is 19.8 Å². The average molecular weight is 285 g/mol. The summed E-state index contributed by atoms with van der Waals surface area (Å²) in [7, 11) is 0. The van der Waals surface area contributed by atoms with Crippen molar-refractivity contribution in [1.29, 1.82) is 0 Å². The Kier molecular flexibility index (Phi) is 4.13. The maximum atomic E-state index is 12.3. The van der Waals surface area contributed by atoms with Crippen LogP contribution in [0.3, 0.4) is 0 Å². The predicted octanol–water partition coefficient (Wildman–Crippen LogP) is 0.0884. The highest BCUT2D eigenvalue weighted by Gasteiger charge is 2.34. The summed E-state index contributed by atoms with van der Waals surface area (Å²) in [5, 5.41) is 11.3. The van der Waals surface area contributed by atoms with Crippen molar-refractivity contribution in [3.05, 3.63) is 16.1 Å². The fraction of sp³-hybridized carbons (Fsp3) is 0.545. The van der Waals surface area contributed by atoms with Gasteiger partial charge in [-0.15, -0.1) is 11.3 Å². The number of amides is 1. The number of carboxylic acid groups (broad SMARTS) is 1. The van der Waals surface area contributed by atoms with Crippen molar-refractivity contribution >= 4 is 23.2 Å². The minimum Gasteiger partial charge on any atom is -0.480 e. The van der Waals surface area contributed by atoms with Gasteiger partial charge in [0.1, 0.15) is 10.7 Å². The third-order valence-electron chi connectivity index (χ3n) is 2.80. The SMILES string of the molecule is CC(N)c1nc(C(=O)N2CCOCC2C(=O)O)cs1. The van der Waals surface area contributed by atoms with E-state index in [-0.39, 0.29) is 30.8 Å². The number of thiazole rings is 1. The number of nitrogens with two attached hydrogens (primary N) is 1. The second-order valence-electron chi connectivity index (χ2n) is 4.29. The number of carbonyl (C=O) groups is 2. The monoisotopic (exact) mass is 285 g/mol. The topological polar surface area (TPSA) is 106 Å². The zero-order chi connectivity index (χ0) is 14.0. The summed E-state index contributed by atoms with van der Waals surface area (Å²) in [6.07, 6.45) is 0. The first-order chi connectivity index (χ1) is 9.00. The van der Waals surface area contributed by atoms with Gasteiger partial charge in [-0.1, -0.05) is 0 Å². The van der Waals surface area contributed by atoms with Crippen molar-refractivity contribution in [3.63, 3.8) is 0 Å². The molecule has 2 rings (SSSR count). The Morgan fingerprint density at radius 2 is 2.42 bits per heavy atom. The quantitative estimate of drug-likeness (QED) is 0.815. The fourth-order valence-electron chi connectivity index (χ4n) is 1.79. The summed E-state index contributed by atoms with van der Waals surface area (Å²) in [5.41, 5.74) is 5.93. The van der Waals surface area contributed by atoms with Crippen LogP contribution in [0.25, 0.3) is 0 Å². The van der Waals surface area contributed by atoms with E-state index in [4.69, 9.17) is 15.6 Å². The highest BCUT2D eigenvalue weighted by atomic mass is 32.1. The van der Waals surface area contributed by atoms with Crippen LogP contribution in [0.1, 0.15) is 28.5 Å². The third-order valence-corrected chi connectivity index (χ3v) is 3.85. The Morgan fingerprint density at radius 3 is 3.00 bits per heavy atom. The summed E-state index contributed by atoms with van der Waals surface area (Å²) in [6.45, 7) is 2.37. The molecule has 1 aliphatic rings. The number of hydrogen-bond donors (Lipinski definition) is 2. The van der Waals surface area contributed by atoms with Crippen molar-refractivity contribution in [2.24, 2.45) is 5.73 Å². The van der Waals surface area contributed by atoms with Gasteiger partial charge < -0.3 is 20.5 Å². The lowest BCUT2D eigenvalue weighted by atomic mass is 10.2. The van der Waals surface area contributed by atoms with E-state index in [0.717, 1.165) is 0 Å². The summed E-state index contributed by atoms with van der Waals surface area (Å²) in [6, 6.07) is -1.20. The van der Waals surface area contributed by atoms with Crippen LogP contribution in [0.5, 0.6) is 0 Å². The summed E-state index contributed by atoms with van der Waals surface area (Å²) in [4.78, 5) is 28.8. The molecule has 8 heteroatoms. The molecule has 1 fully saturated rings. The van der Waals surface area contributed by atoms with E-state index in [2.05, 4.69) is 4.98 Å². The van der Waals surface area contributed by atoms with Crippen LogP contribution in [-0.4, -0.2) is 52.7 Å². The van der Waals surface area contributed by atoms with Gasteiger partial charge in [0.2, 0.25) is 0 Å². The van der Waals surface area contributed by atoms with Crippen LogP contribution < -0.4 is 5.73 Å². The maximum Gasteiger partial charge on any atom is 0.328 e. The van der Waals surface area contributed by atoms with E-state index in [1.807, 2.05) is 0 Å². The number of nitrogens with zero attached hydrogens (tertiary/aromatic N) is 2. The summed E-state index contributed by atoms with van der Waals surface area (Å²) < 4.78 is 5.09. The molecule has 0 bridgehead atoms. The lowest BCUT2D eigenvalue weighted by Crippen LogP contribution is -2.52. The normalized spacial score (nSPS) is 21.2. The molecule has 1 aliphatic heterocycles. The van der Waals surface area contributed by atoms with Gasteiger partial charge in [0.15, 0.2) is 6.04 Å².